The predicted molar refractivity (Wildman–Crippen MR) is 130 cm³/mol. The van der Waals surface area contributed by atoms with Gasteiger partial charge in [0.15, 0.2) is 6.23 Å². The number of carbonyl (C=O) groups excluding carboxylic acids is 1. The van der Waals surface area contributed by atoms with Crippen molar-refractivity contribution >= 4 is 13.7 Å². The third-order valence-corrected chi connectivity index (χ3v) is 6.83. The molecule has 3 rings (SSSR count). The van der Waals surface area contributed by atoms with Crippen molar-refractivity contribution in [3.8, 4) is 5.75 Å². The molecule has 206 valence electrons. The van der Waals surface area contributed by atoms with Crippen LogP contribution >= 0.6 is 7.75 Å². The van der Waals surface area contributed by atoms with Gasteiger partial charge < -0.3 is 24.2 Å². The minimum absolute atomic E-state index is 0.0798. The molecular formula is C21H27N6O10P. The molecule has 17 heteroatoms. The molecule has 0 amide bonds. The normalized spacial score (nSPS) is 25.3. The topological polar surface area (TPSA) is 227 Å². The standard InChI is InChI=1S/C21H27N6O10P/c1-12(2)35-19(31)13(3)24-38(33,37-14-7-5-4-6-8-14)34-11-21(25-26-22)17(30)16(29)18(36-21)27-10-9-15(28)23-20(27)32/h4-10,12-13,16-18,29-30H,11H2,1-3H3,(H,24,33)(H,23,28,32)/t13-,16-,17+,18+,21+,38?/m0/s1. The van der Waals surface area contributed by atoms with Gasteiger partial charge in [-0.1, -0.05) is 23.3 Å². The van der Waals surface area contributed by atoms with Crippen LogP contribution in [0.15, 0.2) is 57.3 Å². The van der Waals surface area contributed by atoms with E-state index in [1.54, 1.807) is 32.0 Å². The summed E-state index contributed by atoms with van der Waals surface area (Å²) in [6.45, 7) is 3.63. The highest BCUT2D eigenvalue weighted by molar-refractivity contribution is 7.52. The zero-order valence-electron chi connectivity index (χ0n) is 20.5. The summed E-state index contributed by atoms with van der Waals surface area (Å²) in [7, 11) is -4.49. The molecule has 1 unspecified atom stereocenters. The second-order valence-corrected chi connectivity index (χ2v) is 10.2. The minimum Gasteiger partial charge on any atom is -0.462 e. The number of esters is 1. The zero-order valence-corrected chi connectivity index (χ0v) is 21.4. The van der Waals surface area contributed by atoms with Crippen LogP contribution in [-0.2, 0) is 23.4 Å². The number of nitrogens with zero attached hydrogens (tertiary/aromatic N) is 4. The minimum atomic E-state index is -4.49. The van der Waals surface area contributed by atoms with Crippen molar-refractivity contribution in [1.82, 2.24) is 14.6 Å². The van der Waals surface area contributed by atoms with Crippen molar-refractivity contribution in [3.05, 3.63) is 73.9 Å². The Morgan fingerprint density at radius 3 is 2.58 bits per heavy atom. The van der Waals surface area contributed by atoms with Crippen molar-refractivity contribution in [2.45, 2.75) is 57.1 Å². The molecule has 1 saturated heterocycles. The van der Waals surface area contributed by atoms with Crippen LogP contribution in [0, 0.1) is 0 Å². The van der Waals surface area contributed by atoms with Crippen molar-refractivity contribution in [2.24, 2.45) is 5.11 Å². The molecule has 0 radical (unpaired) electrons. The van der Waals surface area contributed by atoms with Crippen LogP contribution in [0.1, 0.15) is 27.0 Å². The maximum absolute atomic E-state index is 13.7. The molecular weight excluding hydrogens is 527 g/mol. The van der Waals surface area contributed by atoms with E-state index in [1.165, 1.54) is 19.1 Å². The summed E-state index contributed by atoms with van der Waals surface area (Å²) < 4.78 is 36.1. The first-order valence-electron chi connectivity index (χ1n) is 11.3. The van der Waals surface area contributed by atoms with E-state index in [1.807, 2.05) is 4.98 Å². The molecule has 38 heavy (non-hydrogen) atoms. The van der Waals surface area contributed by atoms with Crippen LogP contribution in [-0.4, -0.2) is 62.4 Å². The van der Waals surface area contributed by atoms with Gasteiger partial charge in [-0.2, -0.15) is 5.09 Å². The highest BCUT2D eigenvalue weighted by atomic mass is 31.2. The Kier molecular flexibility index (Phi) is 9.12. The number of aromatic nitrogens is 2. The molecule has 16 nitrogen and oxygen atoms in total. The van der Waals surface area contributed by atoms with E-state index in [-0.39, 0.29) is 5.75 Å². The summed E-state index contributed by atoms with van der Waals surface area (Å²) in [4.78, 5) is 40.5. The second kappa shape index (κ2) is 11.9. The van der Waals surface area contributed by atoms with E-state index in [2.05, 4.69) is 15.1 Å². The number of aromatic amines is 1. The Hall–Kier alpha value is -3.49. The van der Waals surface area contributed by atoms with Crippen LogP contribution in [0.2, 0.25) is 0 Å². The number of aliphatic hydroxyl groups is 2. The van der Waals surface area contributed by atoms with Gasteiger partial charge in [-0.3, -0.25) is 23.7 Å². The third kappa shape index (κ3) is 6.68. The van der Waals surface area contributed by atoms with Crippen molar-refractivity contribution in [3.63, 3.8) is 0 Å². The summed E-state index contributed by atoms with van der Waals surface area (Å²) in [5, 5.41) is 27.2. The fraction of sp³-hybridized carbons (Fsp3) is 0.476. The fourth-order valence-corrected chi connectivity index (χ4v) is 4.95. The van der Waals surface area contributed by atoms with Crippen molar-refractivity contribution in [2.75, 3.05) is 6.61 Å². The van der Waals surface area contributed by atoms with Crippen LogP contribution < -0.4 is 20.9 Å². The van der Waals surface area contributed by atoms with Gasteiger partial charge in [-0.15, -0.1) is 0 Å². The molecule has 2 heterocycles. The molecule has 1 fully saturated rings. The number of hydrogen-bond acceptors (Lipinski definition) is 11. The highest BCUT2D eigenvalue weighted by Gasteiger charge is 2.56. The van der Waals surface area contributed by atoms with Crippen LogP contribution in [0.3, 0.4) is 0 Å². The Balaban J connectivity index is 1.91. The van der Waals surface area contributed by atoms with Crippen LogP contribution in [0.4, 0.5) is 0 Å². The summed E-state index contributed by atoms with van der Waals surface area (Å²) in [6.07, 6.45) is -4.94. The van der Waals surface area contributed by atoms with Gasteiger partial charge in [-0.05, 0) is 38.4 Å². The van der Waals surface area contributed by atoms with Crippen molar-refractivity contribution in [1.29, 1.82) is 0 Å². The van der Waals surface area contributed by atoms with E-state index in [4.69, 9.17) is 24.1 Å². The number of carbonyl (C=O) groups is 1. The average Bonchev–Trinajstić information content (AvgIpc) is 3.09. The number of azide groups is 1. The first kappa shape index (κ1) is 29.1. The second-order valence-electron chi connectivity index (χ2n) is 8.51. The lowest BCUT2D eigenvalue weighted by Gasteiger charge is -2.29. The third-order valence-electron chi connectivity index (χ3n) is 5.21. The molecule has 0 aliphatic carbocycles. The average molecular weight is 554 g/mol. The van der Waals surface area contributed by atoms with Gasteiger partial charge >= 0.3 is 19.4 Å². The van der Waals surface area contributed by atoms with Gasteiger partial charge in [0.05, 0.1) is 12.7 Å². The highest BCUT2D eigenvalue weighted by Crippen LogP contribution is 2.48. The predicted octanol–water partition coefficient (Wildman–Crippen LogP) is 0.927. The van der Waals surface area contributed by atoms with E-state index in [0.717, 1.165) is 16.8 Å². The first-order valence-corrected chi connectivity index (χ1v) is 12.8. The lowest BCUT2D eigenvalue weighted by Crippen LogP contribution is -2.46. The zero-order chi connectivity index (χ0) is 28.1. The van der Waals surface area contributed by atoms with Crippen molar-refractivity contribution < 1.29 is 38.1 Å². The Morgan fingerprint density at radius 2 is 1.97 bits per heavy atom. The SMILES string of the molecule is CC(C)OC(=O)[C@H](C)NP(=O)(OC[C@@]1(N=[N+]=[N-])O[C@@H](n2ccc(=O)[nH]c2=O)[C@@H](O)[C@H]1O)Oc1ccccc1. The molecule has 0 bridgehead atoms. The van der Waals surface area contributed by atoms with Gasteiger partial charge in [0.2, 0.25) is 5.72 Å². The molecule has 1 aromatic heterocycles. The van der Waals surface area contributed by atoms with Crippen LogP contribution in [0.5, 0.6) is 5.75 Å². The fourth-order valence-electron chi connectivity index (χ4n) is 3.44. The number of para-hydroxylation sites is 1. The molecule has 0 spiro atoms. The maximum Gasteiger partial charge on any atom is 0.459 e. The summed E-state index contributed by atoms with van der Waals surface area (Å²) in [6, 6.07) is 7.54. The van der Waals surface area contributed by atoms with Crippen LogP contribution in [0.25, 0.3) is 10.4 Å². The molecule has 0 saturated carbocycles. The largest absolute Gasteiger partial charge is 0.462 e. The smallest absolute Gasteiger partial charge is 0.459 e. The number of aliphatic hydroxyl groups excluding tert-OH is 2. The van der Waals surface area contributed by atoms with E-state index < -0.39 is 67.9 Å². The number of nitrogens with one attached hydrogen (secondary N) is 2. The van der Waals surface area contributed by atoms with Gasteiger partial charge in [0.25, 0.3) is 5.56 Å². The first-order chi connectivity index (χ1) is 17.9. The summed E-state index contributed by atoms with van der Waals surface area (Å²) in [5.41, 5.74) is 5.03. The molecule has 1 aromatic carbocycles. The van der Waals surface area contributed by atoms with Gasteiger partial charge in [-0.25, -0.2) is 9.36 Å². The Bertz CT molecular complexity index is 1340. The molecule has 1 aliphatic heterocycles. The number of benzene rings is 1. The molecule has 4 N–H and O–H groups in total. The Morgan fingerprint density at radius 1 is 1.29 bits per heavy atom. The molecule has 1 aliphatic rings. The Labute approximate surface area is 215 Å². The lowest BCUT2D eigenvalue weighted by molar-refractivity contribution is -0.149. The van der Waals surface area contributed by atoms with E-state index >= 15 is 0 Å². The quantitative estimate of drug-likeness (QED) is 0.100. The van der Waals surface area contributed by atoms with Gasteiger partial charge in [0, 0.05) is 17.2 Å². The maximum atomic E-state index is 13.7. The number of ether oxygens (including phenoxy) is 2. The molecule has 6 atom stereocenters. The summed E-state index contributed by atoms with van der Waals surface area (Å²) in [5.74, 6) is -0.688. The number of H-pyrrole nitrogens is 1. The lowest BCUT2D eigenvalue weighted by atomic mass is 10.1. The van der Waals surface area contributed by atoms with E-state index in [9.17, 15) is 29.2 Å². The molecule has 2 aromatic rings. The van der Waals surface area contributed by atoms with E-state index in [0.29, 0.717) is 0 Å². The van der Waals surface area contributed by atoms with Gasteiger partial charge in [0.1, 0.15) is 24.0 Å². The monoisotopic (exact) mass is 554 g/mol. The number of rotatable bonds is 11. The number of hydrogen-bond donors (Lipinski definition) is 4. The summed E-state index contributed by atoms with van der Waals surface area (Å²) >= 11 is 0.